The minimum absolute atomic E-state index is 0.113. The molecule has 0 unspecified atom stereocenters. The van der Waals surface area contributed by atoms with Crippen molar-refractivity contribution < 1.29 is 23.5 Å². The number of pyridine rings is 1. The lowest BCUT2D eigenvalue weighted by Crippen LogP contribution is -2.14. The first-order valence-corrected chi connectivity index (χ1v) is 7.56. The largest absolute Gasteiger partial charge is 0.477 e. The zero-order valence-electron chi connectivity index (χ0n) is 12.8. The van der Waals surface area contributed by atoms with Crippen LogP contribution in [0.3, 0.4) is 0 Å². The Morgan fingerprint density at radius 2 is 2.08 bits per heavy atom. The molecule has 1 aliphatic rings. The van der Waals surface area contributed by atoms with Crippen LogP contribution in [0, 0.1) is 5.92 Å². The molecule has 1 amide bonds. The van der Waals surface area contributed by atoms with Crippen molar-refractivity contribution in [3.63, 3.8) is 0 Å². The van der Waals surface area contributed by atoms with E-state index >= 15 is 0 Å². The molecular formula is C17H12FN3O4. The van der Waals surface area contributed by atoms with Crippen molar-refractivity contribution in [2.24, 2.45) is 5.92 Å². The first-order chi connectivity index (χ1) is 12.0. The Hall–Kier alpha value is -3.29. The van der Waals surface area contributed by atoms with Crippen molar-refractivity contribution in [3.05, 3.63) is 42.2 Å². The van der Waals surface area contributed by atoms with Crippen LogP contribution in [0.15, 0.2) is 40.9 Å². The molecule has 25 heavy (non-hydrogen) atoms. The zero-order valence-corrected chi connectivity index (χ0v) is 12.8. The van der Waals surface area contributed by atoms with Crippen LogP contribution >= 0.6 is 0 Å². The summed E-state index contributed by atoms with van der Waals surface area (Å²) in [4.78, 5) is 30.9. The molecule has 2 N–H and O–H groups in total. The fourth-order valence-corrected chi connectivity index (χ4v) is 2.48. The molecule has 8 heteroatoms. The van der Waals surface area contributed by atoms with Crippen LogP contribution in [0.1, 0.15) is 16.9 Å². The summed E-state index contributed by atoms with van der Waals surface area (Å²) in [6.45, 7) is 0. The number of alkyl halides is 1. The number of anilines is 1. The third kappa shape index (κ3) is 2.93. The number of carboxylic acids is 1. The van der Waals surface area contributed by atoms with E-state index in [1.165, 1.54) is 12.3 Å². The Balaban J connectivity index is 1.63. The van der Waals surface area contributed by atoms with Crippen LogP contribution in [0.4, 0.5) is 10.1 Å². The molecule has 0 aliphatic heterocycles. The van der Waals surface area contributed by atoms with E-state index in [0.717, 1.165) is 0 Å². The van der Waals surface area contributed by atoms with Crippen molar-refractivity contribution in [2.45, 2.75) is 12.6 Å². The van der Waals surface area contributed by atoms with Gasteiger partial charge in [-0.1, -0.05) is 0 Å². The molecule has 2 aromatic heterocycles. The van der Waals surface area contributed by atoms with Gasteiger partial charge in [0.05, 0.1) is 5.92 Å². The highest BCUT2D eigenvalue weighted by atomic mass is 19.1. The van der Waals surface area contributed by atoms with Gasteiger partial charge in [0.1, 0.15) is 17.4 Å². The van der Waals surface area contributed by atoms with Crippen LogP contribution < -0.4 is 5.32 Å². The second-order valence-corrected chi connectivity index (χ2v) is 5.78. The minimum atomic E-state index is -1.14. The van der Waals surface area contributed by atoms with Gasteiger partial charge in [0.15, 0.2) is 5.58 Å². The van der Waals surface area contributed by atoms with E-state index in [-0.39, 0.29) is 23.9 Å². The highest BCUT2D eigenvalue weighted by Crippen LogP contribution is 2.35. The van der Waals surface area contributed by atoms with Crippen LogP contribution in [0.25, 0.3) is 22.6 Å². The molecule has 1 saturated carbocycles. The molecule has 0 radical (unpaired) electrons. The average Bonchev–Trinajstić information content (AvgIpc) is 3.18. The quantitative estimate of drug-likeness (QED) is 0.756. The van der Waals surface area contributed by atoms with Crippen molar-refractivity contribution in [3.8, 4) is 11.5 Å². The van der Waals surface area contributed by atoms with E-state index in [0.29, 0.717) is 22.4 Å². The standard InChI is InChI=1S/C17H12FN3O4/c18-11-7-10(11)15(22)20-9-1-2-14-12(6-9)21-16(25-14)8-3-4-19-13(5-8)17(23)24/h1-6,10-11H,7H2,(H,20,22)(H,23,24)/t10-,11-/m0/s1. The molecule has 2 atom stereocenters. The summed E-state index contributed by atoms with van der Waals surface area (Å²) >= 11 is 0. The number of benzene rings is 1. The predicted octanol–water partition coefficient (Wildman–Crippen LogP) is 2.88. The van der Waals surface area contributed by atoms with Crippen LogP contribution in [-0.2, 0) is 4.79 Å². The lowest BCUT2D eigenvalue weighted by Gasteiger charge is -2.02. The van der Waals surface area contributed by atoms with Gasteiger partial charge in [-0.25, -0.2) is 19.2 Å². The number of rotatable bonds is 4. The predicted molar refractivity (Wildman–Crippen MR) is 85.8 cm³/mol. The molecule has 1 aromatic carbocycles. The van der Waals surface area contributed by atoms with E-state index in [9.17, 15) is 14.0 Å². The summed E-state index contributed by atoms with van der Waals surface area (Å²) in [6, 6.07) is 7.86. The molecular weight excluding hydrogens is 329 g/mol. The number of nitrogens with one attached hydrogen (secondary N) is 1. The van der Waals surface area contributed by atoms with E-state index in [1.54, 1.807) is 24.3 Å². The van der Waals surface area contributed by atoms with Gasteiger partial charge >= 0.3 is 5.97 Å². The van der Waals surface area contributed by atoms with E-state index in [2.05, 4.69) is 15.3 Å². The first kappa shape index (κ1) is 15.3. The highest BCUT2D eigenvalue weighted by Gasteiger charge is 2.43. The van der Waals surface area contributed by atoms with Gasteiger partial charge in [-0.2, -0.15) is 0 Å². The molecule has 0 spiro atoms. The second-order valence-electron chi connectivity index (χ2n) is 5.78. The molecule has 1 aliphatic carbocycles. The first-order valence-electron chi connectivity index (χ1n) is 7.56. The maximum absolute atomic E-state index is 12.9. The topological polar surface area (TPSA) is 105 Å². The smallest absolute Gasteiger partial charge is 0.354 e. The van der Waals surface area contributed by atoms with Gasteiger partial charge in [0.2, 0.25) is 11.8 Å². The maximum Gasteiger partial charge on any atom is 0.354 e. The van der Waals surface area contributed by atoms with E-state index in [4.69, 9.17) is 9.52 Å². The number of hydrogen-bond acceptors (Lipinski definition) is 5. The van der Waals surface area contributed by atoms with E-state index < -0.39 is 18.1 Å². The van der Waals surface area contributed by atoms with Crippen LogP contribution in [-0.4, -0.2) is 33.1 Å². The molecule has 1 fully saturated rings. The number of fused-ring (bicyclic) bond motifs is 1. The summed E-state index contributed by atoms with van der Waals surface area (Å²) in [5, 5.41) is 11.7. The molecule has 126 valence electrons. The SMILES string of the molecule is O=C(O)c1cc(-c2nc3cc(NC(=O)[C@H]4C[C@@H]4F)ccc3o2)ccn1. The Morgan fingerprint density at radius 3 is 2.80 bits per heavy atom. The summed E-state index contributed by atoms with van der Waals surface area (Å²) in [6.07, 6.45) is 0.566. The van der Waals surface area contributed by atoms with Crippen LogP contribution in [0.5, 0.6) is 0 Å². The van der Waals surface area contributed by atoms with Crippen molar-refractivity contribution in [2.75, 3.05) is 5.32 Å². The Kier molecular flexibility index (Phi) is 3.45. The third-order valence-electron chi connectivity index (χ3n) is 3.93. The summed E-state index contributed by atoms with van der Waals surface area (Å²) < 4.78 is 18.5. The number of nitrogens with zero attached hydrogens (tertiary/aromatic N) is 2. The van der Waals surface area contributed by atoms with Gasteiger partial charge in [0, 0.05) is 17.4 Å². The number of carbonyl (C=O) groups excluding carboxylic acids is 1. The lowest BCUT2D eigenvalue weighted by atomic mass is 10.2. The maximum atomic E-state index is 12.9. The Morgan fingerprint density at radius 1 is 1.28 bits per heavy atom. The normalized spacial score (nSPS) is 18.9. The van der Waals surface area contributed by atoms with Crippen molar-refractivity contribution in [1.82, 2.24) is 9.97 Å². The molecule has 3 aromatic rings. The number of carboxylic acid groups (broad SMARTS) is 1. The summed E-state index contributed by atoms with van der Waals surface area (Å²) in [5.41, 5.74) is 1.84. The van der Waals surface area contributed by atoms with Crippen LogP contribution in [0.2, 0.25) is 0 Å². The number of aromatic nitrogens is 2. The third-order valence-corrected chi connectivity index (χ3v) is 3.93. The monoisotopic (exact) mass is 341 g/mol. The molecule has 0 bridgehead atoms. The molecule has 2 heterocycles. The average molecular weight is 341 g/mol. The van der Waals surface area contributed by atoms with Gasteiger partial charge < -0.3 is 14.8 Å². The fraction of sp³-hybridized carbons (Fsp3) is 0.176. The number of aromatic carboxylic acids is 1. The number of hydrogen-bond donors (Lipinski definition) is 2. The van der Waals surface area contributed by atoms with Crippen molar-refractivity contribution >= 4 is 28.7 Å². The summed E-state index contributed by atoms with van der Waals surface area (Å²) in [7, 11) is 0. The summed E-state index contributed by atoms with van der Waals surface area (Å²) in [5.74, 6) is -1.82. The number of oxazole rings is 1. The minimum Gasteiger partial charge on any atom is -0.477 e. The number of carbonyl (C=O) groups is 2. The second kappa shape index (κ2) is 5.66. The van der Waals surface area contributed by atoms with Gasteiger partial charge in [-0.3, -0.25) is 4.79 Å². The fourth-order valence-electron chi connectivity index (χ4n) is 2.48. The zero-order chi connectivity index (χ0) is 17.6. The van der Waals surface area contributed by atoms with Gasteiger partial charge in [-0.15, -0.1) is 0 Å². The van der Waals surface area contributed by atoms with Gasteiger partial charge in [-0.05, 0) is 36.8 Å². The molecule has 7 nitrogen and oxygen atoms in total. The Bertz CT molecular complexity index is 1000. The Labute approximate surface area is 140 Å². The highest BCUT2D eigenvalue weighted by molar-refractivity contribution is 5.96. The molecule has 0 saturated heterocycles. The number of amides is 1. The van der Waals surface area contributed by atoms with Gasteiger partial charge in [0.25, 0.3) is 0 Å². The number of halogens is 1. The lowest BCUT2D eigenvalue weighted by molar-refractivity contribution is -0.117. The van der Waals surface area contributed by atoms with Crippen molar-refractivity contribution in [1.29, 1.82) is 0 Å². The molecule has 4 rings (SSSR count). The van der Waals surface area contributed by atoms with E-state index in [1.807, 2.05) is 0 Å².